The Bertz CT molecular complexity index is 1450. The predicted molar refractivity (Wildman–Crippen MR) is 204 cm³/mol. The summed E-state index contributed by atoms with van der Waals surface area (Å²) < 4.78 is 48.8. The van der Waals surface area contributed by atoms with Crippen molar-refractivity contribution < 1.29 is 81.0 Å². The summed E-state index contributed by atoms with van der Waals surface area (Å²) in [6.07, 6.45) is -4.23. The lowest BCUT2D eigenvalue weighted by atomic mass is 10.0. The number of rotatable bonds is 28. The number of unbranched alkanes of at least 4 members (excludes halogenated alkanes) is 4. The van der Waals surface area contributed by atoms with Gasteiger partial charge in [0.25, 0.3) is 0 Å². The Morgan fingerprint density at radius 1 is 0.500 bits per heavy atom. The fourth-order valence-corrected chi connectivity index (χ4v) is 4.74. The van der Waals surface area contributed by atoms with Crippen LogP contribution in [0.5, 0.6) is 0 Å². The van der Waals surface area contributed by atoms with Gasteiger partial charge in [0.15, 0.2) is 12.2 Å². The molecule has 326 valence electrons. The lowest BCUT2D eigenvalue weighted by molar-refractivity contribution is -0.275. The van der Waals surface area contributed by atoms with Crippen LogP contribution in [-0.4, -0.2) is 105 Å². The number of ether oxygens (including phenoxy) is 9. The Kier molecular flexibility index (Phi) is 24.9. The quantitative estimate of drug-likeness (QED) is 0.0445. The van der Waals surface area contributed by atoms with E-state index in [0.717, 1.165) is 0 Å². The van der Waals surface area contributed by atoms with E-state index in [-0.39, 0.29) is 106 Å². The van der Waals surface area contributed by atoms with E-state index in [4.69, 9.17) is 42.6 Å². The third-order valence-electron chi connectivity index (χ3n) is 8.01. The highest BCUT2D eigenvalue weighted by molar-refractivity contribution is 5.87. The lowest BCUT2D eigenvalue weighted by Crippen LogP contribution is -2.58. The largest absolute Gasteiger partial charge is 0.465 e. The second-order valence-corrected chi connectivity index (χ2v) is 14.0. The fourth-order valence-electron chi connectivity index (χ4n) is 4.74. The number of hydrogen-bond acceptors (Lipinski definition) is 17. The molecule has 0 amide bonds. The van der Waals surface area contributed by atoms with E-state index in [1.807, 2.05) is 0 Å². The van der Waals surface area contributed by atoms with Crippen LogP contribution in [0.15, 0.2) is 36.5 Å². The molecule has 2 unspecified atom stereocenters. The minimum atomic E-state index is -1.58. The van der Waals surface area contributed by atoms with Gasteiger partial charge in [0.1, 0.15) is 0 Å². The zero-order chi connectivity index (χ0) is 43.6. The fraction of sp³-hybridized carbons (Fsp3) is 0.659. The lowest BCUT2D eigenvalue weighted by Gasteiger charge is -2.40. The van der Waals surface area contributed by atoms with Crippen LogP contribution in [0.25, 0.3) is 0 Å². The van der Waals surface area contributed by atoms with Gasteiger partial charge in [0, 0.05) is 42.4 Å². The number of hydrogen-bond donors (Lipinski definition) is 0. The highest BCUT2D eigenvalue weighted by Crippen LogP contribution is 2.27. The number of carbonyl (C=O) groups excluding carboxylic acids is 8. The van der Waals surface area contributed by atoms with Crippen LogP contribution < -0.4 is 0 Å². The Morgan fingerprint density at radius 2 is 0.845 bits per heavy atom. The summed E-state index contributed by atoms with van der Waals surface area (Å²) >= 11 is 0. The van der Waals surface area contributed by atoms with Crippen molar-refractivity contribution in [3.63, 3.8) is 0 Å². The summed E-state index contributed by atoms with van der Waals surface area (Å²) in [5.74, 6) is -5.45. The number of carbonyl (C=O) groups is 8. The molecule has 1 aliphatic heterocycles. The third-order valence-corrected chi connectivity index (χ3v) is 8.01. The maximum absolute atomic E-state index is 13.2. The molecular formula is C41H60O17. The molecule has 0 bridgehead atoms. The predicted octanol–water partition coefficient (Wildman–Crippen LogP) is 4.86. The van der Waals surface area contributed by atoms with Gasteiger partial charge in [-0.1, -0.05) is 33.6 Å². The minimum absolute atomic E-state index is 0.0173. The van der Waals surface area contributed by atoms with E-state index in [1.54, 1.807) is 13.8 Å². The van der Waals surface area contributed by atoms with Crippen molar-refractivity contribution in [3.05, 3.63) is 36.5 Å². The van der Waals surface area contributed by atoms with Gasteiger partial charge in [-0.3, -0.25) is 24.0 Å². The van der Waals surface area contributed by atoms with Gasteiger partial charge >= 0.3 is 47.8 Å². The van der Waals surface area contributed by atoms with Crippen LogP contribution in [0.3, 0.4) is 0 Å². The van der Waals surface area contributed by atoms with Crippen LogP contribution in [0.1, 0.15) is 112 Å². The molecule has 0 aromatic carbocycles. The van der Waals surface area contributed by atoms with Crippen molar-refractivity contribution in [3.8, 4) is 0 Å². The highest BCUT2D eigenvalue weighted by Gasteiger charge is 2.49. The average molecular weight is 825 g/mol. The second-order valence-electron chi connectivity index (χ2n) is 14.0. The summed E-state index contributed by atoms with van der Waals surface area (Å²) in [5, 5.41) is 0. The molecule has 0 aliphatic carbocycles. The van der Waals surface area contributed by atoms with Gasteiger partial charge in [-0.2, -0.15) is 0 Å². The maximum atomic E-state index is 13.2. The molecule has 0 saturated carbocycles. The smallest absolute Gasteiger partial charge is 0.333 e. The third kappa shape index (κ3) is 22.0. The molecule has 1 heterocycles. The molecule has 0 N–H and O–H groups in total. The van der Waals surface area contributed by atoms with Crippen LogP contribution in [0, 0.1) is 5.92 Å². The number of esters is 8. The van der Waals surface area contributed by atoms with E-state index in [1.165, 1.54) is 20.8 Å². The van der Waals surface area contributed by atoms with Crippen molar-refractivity contribution >= 4 is 47.8 Å². The van der Waals surface area contributed by atoms with Crippen molar-refractivity contribution in [2.75, 3.05) is 33.0 Å². The van der Waals surface area contributed by atoms with Gasteiger partial charge in [-0.25, -0.2) is 14.4 Å². The van der Waals surface area contributed by atoms with Crippen LogP contribution >= 0.6 is 0 Å². The molecule has 1 aliphatic rings. The van der Waals surface area contributed by atoms with Crippen molar-refractivity contribution in [2.45, 2.75) is 136 Å². The Labute approximate surface area is 340 Å². The van der Waals surface area contributed by atoms with Crippen molar-refractivity contribution in [2.24, 2.45) is 5.92 Å². The molecular weight excluding hydrogens is 764 g/mol. The summed E-state index contributed by atoms with van der Waals surface area (Å²) in [6, 6.07) is 0. The monoisotopic (exact) mass is 824 g/mol. The molecule has 17 nitrogen and oxygen atoms in total. The normalized spacial score (nSPS) is 17.2. The van der Waals surface area contributed by atoms with E-state index < -0.39 is 73.0 Å². The molecule has 1 saturated heterocycles. The Morgan fingerprint density at radius 3 is 1.22 bits per heavy atom. The van der Waals surface area contributed by atoms with E-state index in [0.29, 0.717) is 25.7 Å². The van der Waals surface area contributed by atoms with Gasteiger partial charge < -0.3 is 42.6 Å². The van der Waals surface area contributed by atoms with E-state index in [2.05, 4.69) is 19.7 Å². The summed E-state index contributed by atoms with van der Waals surface area (Å²) in [7, 11) is 0. The zero-order valence-electron chi connectivity index (χ0n) is 34.5. The summed E-state index contributed by atoms with van der Waals surface area (Å²) in [4.78, 5) is 99.0. The average Bonchev–Trinajstić information content (AvgIpc) is 3.15. The Balaban J connectivity index is 3.15. The van der Waals surface area contributed by atoms with Crippen molar-refractivity contribution in [1.82, 2.24) is 0 Å². The van der Waals surface area contributed by atoms with Gasteiger partial charge in [-0.05, 0) is 72.1 Å². The highest BCUT2D eigenvalue weighted by atomic mass is 16.7. The molecule has 1 fully saturated rings. The molecule has 4 atom stereocenters. The van der Waals surface area contributed by atoms with Gasteiger partial charge in [0.2, 0.25) is 12.4 Å². The maximum Gasteiger partial charge on any atom is 0.333 e. The molecule has 0 aromatic heterocycles. The molecule has 17 heteroatoms. The van der Waals surface area contributed by atoms with Crippen molar-refractivity contribution in [1.29, 1.82) is 0 Å². The zero-order valence-corrected chi connectivity index (χ0v) is 34.5. The first-order valence-corrected chi connectivity index (χ1v) is 19.5. The Hall–Kier alpha value is -5.06. The SMILES string of the molecule is C=C(C)C(=O)OCCCCC(=O)OC1OC[C@@H](OC(=O)CCCCOC(=O)C(=C)C)C(OC(=O)CCCCOC(=O)C(C)C)[C@H]1OC(=O)CCCCOC(=O)C(=C)C. The standard InChI is InChI=1S/C41H60O17/c1-26(2)37(46)50-21-13-9-17-31(42)55-30-25-54-41(58-34(45)20-12-16-24-53-40(49)29(7)8)36(57-33(44)19-11-15-23-52-39(48)28(5)6)35(30)56-32(43)18-10-14-22-51-38(47)27(3)4/h27,30,35-36,41H,1,5,7,9-25H2,2-4,6,8H3/t30-,35?,36-,41?/m1/s1. The van der Waals surface area contributed by atoms with Crippen LogP contribution in [-0.2, 0) is 81.0 Å². The van der Waals surface area contributed by atoms with E-state index >= 15 is 0 Å². The molecule has 0 radical (unpaired) electrons. The van der Waals surface area contributed by atoms with Gasteiger partial charge in [0.05, 0.1) is 39.0 Å². The minimum Gasteiger partial charge on any atom is -0.465 e. The molecule has 58 heavy (non-hydrogen) atoms. The second kappa shape index (κ2) is 28.4. The molecule has 0 spiro atoms. The van der Waals surface area contributed by atoms with Crippen LogP contribution in [0.2, 0.25) is 0 Å². The first kappa shape index (κ1) is 51.0. The first-order valence-electron chi connectivity index (χ1n) is 19.5. The molecule has 1 rings (SSSR count). The van der Waals surface area contributed by atoms with E-state index in [9.17, 15) is 38.4 Å². The first-order chi connectivity index (χ1) is 27.4. The van der Waals surface area contributed by atoms with Crippen LogP contribution in [0.4, 0.5) is 0 Å². The summed E-state index contributed by atoms with van der Waals surface area (Å²) in [5.41, 5.74) is 0.684. The molecule has 0 aromatic rings. The summed E-state index contributed by atoms with van der Waals surface area (Å²) in [6.45, 7) is 18.2. The van der Waals surface area contributed by atoms with Gasteiger partial charge in [-0.15, -0.1) is 0 Å². The topological polar surface area (TPSA) is 220 Å².